The highest BCUT2D eigenvalue weighted by Crippen LogP contribution is 2.23. The molecule has 1 amide bonds. The summed E-state index contributed by atoms with van der Waals surface area (Å²) in [5, 5.41) is 7.61. The largest absolute Gasteiger partial charge is 0.367 e. The van der Waals surface area contributed by atoms with Crippen LogP contribution in [0.1, 0.15) is 17.2 Å². The summed E-state index contributed by atoms with van der Waals surface area (Å²) in [6.45, 7) is 4.04. The molecule has 0 saturated carbocycles. The first kappa shape index (κ1) is 21.9. The average Bonchev–Trinajstić information content (AvgIpc) is 2.78. The Morgan fingerprint density at radius 3 is 2.58 bits per heavy atom. The fourth-order valence-corrected chi connectivity index (χ4v) is 3.15. The van der Waals surface area contributed by atoms with Gasteiger partial charge in [-0.2, -0.15) is 5.10 Å². The lowest BCUT2D eigenvalue weighted by molar-refractivity contribution is -0.131. The minimum atomic E-state index is -0.791. The summed E-state index contributed by atoms with van der Waals surface area (Å²) >= 11 is 0. The predicted molar refractivity (Wildman–Crippen MR) is 124 cm³/mol. The van der Waals surface area contributed by atoms with Crippen molar-refractivity contribution in [3.05, 3.63) is 96.5 Å². The number of pyridine rings is 1. The van der Waals surface area contributed by atoms with Crippen LogP contribution in [0.25, 0.3) is 16.3 Å². The lowest BCUT2D eigenvalue weighted by Crippen LogP contribution is -2.26. The van der Waals surface area contributed by atoms with Gasteiger partial charge in [-0.05, 0) is 45.7 Å². The molecular formula is C24H25N5O2. The second-order valence-electron chi connectivity index (χ2n) is 6.93. The van der Waals surface area contributed by atoms with E-state index in [1.54, 1.807) is 25.6 Å². The molecule has 3 N–H and O–H groups in total. The number of amides is 1. The van der Waals surface area contributed by atoms with Gasteiger partial charge in [0.05, 0.1) is 6.21 Å². The molecule has 1 heterocycles. The molecule has 1 aromatic heterocycles. The molecule has 0 radical (unpaired) electrons. The van der Waals surface area contributed by atoms with Crippen molar-refractivity contribution in [1.29, 1.82) is 0 Å². The van der Waals surface area contributed by atoms with Gasteiger partial charge in [0.2, 0.25) is 0 Å². The second-order valence-corrected chi connectivity index (χ2v) is 6.93. The maximum atomic E-state index is 12.7. The number of hydrogen-bond acceptors (Lipinski definition) is 6. The molecule has 1 unspecified atom stereocenters. The van der Waals surface area contributed by atoms with E-state index in [2.05, 4.69) is 22.1 Å². The van der Waals surface area contributed by atoms with Crippen LogP contribution in [0.5, 0.6) is 0 Å². The number of methoxy groups -OCH3 is 1. The van der Waals surface area contributed by atoms with E-state index < -0.39 is 6.10 Å². The Morgan fingerprint density at radius 2 is 1.90 bits per heavy atom. The van der Waals surface area contributed by atoms with Crippen LogP contribution in [-0.2, 0) is 9.53 Å². The lowest BCUT2D eigenvalue weighted by Gasteiger charge is -2.15. The molecule has 0 fully saturated rings. The Hall–Kier alpha value is -3.81. The van der Waals surface area contributed by atoms with Crippen molar-refractivity contribution < 1.29 is 9.53 Å². The molecule has 0 spiro atoms. The lowest BCUT2D eigenvalue weighted by atomic mass is 10.0. The van der Waals surface area contributed by atoms with E-state index in [-0.39, 0.29) is 5.91 Å². The molecular weight excluding hydrogens is 390 g/mol. The molecule has 7 heteroatoms. The average molecular weight is 415 g/mol. The third kappa shape index (κ3) is 5.63. The van der Waals surface area contributed by atoms with Gasteiger partial charge in [-0.25, -0.2) is 11.3 Å². The van der Waals surface area contributed by atoms with Crippen LogP contribution in [0.15, 0.2) is 90.4 Å². The van der Waals surface area contributed by atoms with Crippen molar-refractivity contribution in [3.63, 3.8) is 0 Å². The van der Waals surface area contributed by atoms with E-state index >= 15 is 0 Å². The normalized spacial score (nSPS) is 12.7. The Morgan fingerprint density at radius 1 is 1.19 bits per heavy atom. The van der Waals surface area contributed by atoms with Crippen molar-refractivity contribution in [2.45, 2.75) is 6.10 Å². The van der Waals surface area contributed by atoms with Crippen LogP contribution >= 0.6 is 0 Å². The Bertz CT molecular complexity index is 1120. The molecule has 31 heavy (non-hydrogen) atoms. The standard InChI is InChI=1S/C24H25N5O2/c1-17(22(16-29(2)25)19-10-12-26-13-11-19)15-27-28-24(30)23(31-3)21-9-8-18-6-4-5-7-20(18)14-21/h4-16,23H,1,25H2,2-3H3,(H,28,30)/b22-16+,27-15+. The highest BCUT2D eigenvalue weighted by atomic mass is 16.5. The number of rotatable bonds is 8. The van der Waals surface area contributed by atoms with E-state index in [1.807, 2.05) is 54.6 Å². The maximum Gasteiger partial charge on any atom is 0.273 e. The van der Waals surface area contributed by atoms with Crippen LogP contribution in [-0.4, -0.2) is 36.3 Å². The van der Waals surface area contributed by atoms with Crippen LogP contribution in [0.3, 0.4) is 0 Å². The number of hydrazone groups is 1. The number of allylic oxidation sites excluding steroid dienone is 2. The van der Waals surface area contributed by atoms with Gasteiger partial charge < -0.3 is 9.75 Å². The molecule has 0 saturated heterocycles. The number of nitrogens with two attached hydrogens (primary N) is 1. The minimum absolute atomic E-state index is 0.382. The quantitative estimate of drug-likeness (QED) is 0.254. The number of carbonyl (C=O) groups is 1. The summed E-state index contributed by atoms with van der Waals surface area (Å²) in [6.07, 6.45) is 5.76. The second kappa shape index (κ2) is 10.3. The number of fused-ring (bicyclic) bond motifs is 1. The van der Waals surface area contributed by atoms with Crippen molar-refractivity contribution in [2.24, 2.45) is 10.9 Å². The zero-order valence-corrected chi connectivity index (χ0v) is 17.5. The smallest absolute Gasteiger partial charge is 0.273 e. The predicted octanol–water partition coefficient (Wildman–Crippen LogP) is 3.43. The number of carbonyl (C=O) groups excluding carboxylic acids is 1. The van der Waals surface area contributed by atoms with Gasteiger partial charge >= 0.3 is 0 Å². The number of ether oxygens (including phenoxy) is 1. The van der Waals surface area contributed by atoms with E-state index in [0.717, 1.165) is 27.5 Å². The van der Waals surface area contributed by atoms with E-state index in [1.165, 1.54) is 18.3 Å². The minimum Gasteiger partial charge on any atom is -0.367 e. The van der Waals surface area contributed by atoms with Crippen molar-refractivity contribution >= 4 is 28.5 Å². The first-order valence-electron chi connectivity index (χ1n) is 9.63. The molecule has 0 aliphatic rings. The summed E-state index contributed by atoms with van der Waals surface area (Å²) in [5.41, 5.74) is 5.48. The number of aromatic nitrogens is 1. The molecule has 3 aromatic rings. The number of nitrogens with one attached hydrogen (secondary N) is 1. The van der Waals surface area contributed by atoms with Crippen LogP contribution in [0.4, 0.5) is 0 Å². The summed E-state index contributed by atoms with van der Waals surface area (Å²) in [7, 11) is 3.20. The van der Waals surface area contributed by atoms with Crippen LogP contribution in [0, 0.1) is 0 Å². The van der Waals surface area contributed by atoms with Gasteiger partial charge in [0.25, 0.3) is 5.91 Å². The summed E-state index contributed by atoms with van der Waals surface area (Å²) in [4.78, 5) is 16.7. The monoisotopic (exact) mass is 415 g/mol. The number of benzene rings is 2. The van der Waals surface area contributed by atoms with Gasteiger partial charge in [-0.3, -0.25) is 9.78 Å². The van der Waals surface area contributed by atoms with Crippen molar-refractivity contribution in [1.82, 2.24) is 15.4 Å². The topological polar surface area (TPSA) is 92.8 Å². The molecule has 1 atom stereocenters. The fraction of sp³-hybridized carbons (Fsp3) is 0.125. The third-order valence-electron chi connectivity index (χ3n) is 4.62. The number of hydrogen-bond donors (Lipinski definition) is 2. The first-order valence-corrected chi connectivity index (χ1v) is 9.63. The molecule has 0 aliphatic carbocycles. The first-order chi connectivity index (χ1) is 15.0. The zero-order chi connectivity index (χ0) is 22.2. The maximum absolute atomic E-state index is 12.7. The highest BCUT2D eigenvalue weighted by molar-refractivity contribution is 6.00. The number of hydrazine groups is 1. The van der Waals surface area contributed by atoms with Gasteiger partial charge in [0.1, 0.15) is 0 Å². The van der Waals surface area contributed by atoms with Gasteiger partial charge in [-0.1, -0.05) is 43.0 Å². The Labute approximate surface area is 181 Å². The van der Waals surface area contributed by atoms with E-state index in [4.69, 9.17) is 10.6 Å². The van der Waals surface area contributed by atoms with Crippen molar-refractivity contribution in [2.75, 3.05) is 14.2 Å². The highest BCUT2D eigenvalue weighted by Gasteiger charge is 2.20. The van der Waals surface area contributed by atoms with Gasteiger partial charge in [-0.15, -0.1) is 0 Å². The van der Waals surface area contributed by atoms with Gasteiger partial charge in [0, 0.05) is 38.3 Å². The SMILES string of the molecule is C=C(/C=N/NC(=O)C(OC)c1ccc2ccccc2c1)/C(=C\N(C)N)c1ccncc1. The Kier molecular flexibility index (Phi) is 7.26. The molecule has 2 aromatic carbocycles. The van der Waals surface area contributed by atoms with Crippen molar-refractivity contribution in [3.8, 4) is 0 Å². The third-order valence-corrected chi connectivity index (χ3v) is 4.62. The van der Waals surface area contributed by atoms with E-state index in [0.29, 0.717) is 5.57 Å². The van der Waals surface area contributed by atoms with Gasteiger partial charge in [0.15, 0.2) is 6.10 Å². The Balaban J connectivity index is 1.73. The molecule has 0 bridgehead atoms. The molecule has 3 rings (SSSR count). The van der Waals surface area contributed by atoms with E-state index in [9.17, 15) is 4.79 Å². The zero-order valence-electron chi connectivity index (χ0n) is 17.5. The van der Waals surface area contributed by atoms with Crippen LogP contribution < -0.4 is 11.3 Å². The molecule has 7 nitrogen and oxygen atoms in total. The van der Waals surface area contributed by atoms with Crippen LogP contribution in [0.2, 0.25) is 0 Å². The summed E-state index contributed by atoms with van der Waals surface area (Å²) in [5.74, 6) is 5.39. The molecule has 0 aliphatic heterocycles. The fourth-order valence-electron chi connectivity index (χ4n) is 3.15. The summed E-state index contributed by atoms with van der Waals surface area (Å²) in [6, 6.07) is 17.4. The molecule has 158 valence electrons. The number of nitrogens with zero attached hydrogens (tertiary/aromatic N) is 3. The summed E-state index contributed by atoms with van der Waals surface area (Å²) < 4.78 is 5.42.